The minimum Gasteiger partial charge on any atom is -0.336 e. The van der Waals surface area contributed by atoms with Crippen molar-refractivity contribution in [2.45, 2.75) is 11.4 Å². The predicted octanol–water partition coefficient (Wildman–Crippen LogP) is 3.11. The molecule has 0 saturated carbocycles. The topological polar surface area (TPSA) is 88.4 Å². The molecular formula is C23H20ClN5O3S. The van der Waals surface area contributed by atoms with Crippen LogP contribution in [-0.2, 0) is 21.4 Å². The highest BCUT2D eigenvalue weighted by Gasteiger charge is 2.32. The molecule has 168 valence electrons. The van der Waals surface area contributed by atoms with Crippen molar-refractivity contribution in [2.75, 3.05) is 19.6 Å². The van der Waals surface area contributed by atoms with Crippen LogP contribution in [-0.4, -0.2) is 57.9 Å². The Balaban J connectivity index is 1.28. The van der Waals surface area contributed by atoms with Crippen molar-refractivity contribution >= 4 is 38.3 Å². The van der Waals surface area contributed by atoms with Crippen LogP contribution in [0.25, 0.3) is 16.5 Å². The normalized spacial score (nSPS) is 15.3. The van der Waals surface area contributed by atoms with Crippen LogP contribution >= 0.6 is 11.6 Å². The Morgan fingerprint density at radius 1 is 0.879 bits per heavy atom. The molecule has 1 saturated heterocycles. The molecule has 1 aliphatic heterocycles. The molecule has 8 nitrogen and oxygen atoms in total. The lowest BCUT2D eigenvalue weighted by Gasteiger charge is -2.33. The maximum absolute atomic E-state index is 13.2. The van der Waals surface area contributed by atoms with Gasteiger partial charge in [-0.05, 0) is 52.7 Å². The molecule has 1 fully saturated rings. The molecule has 0 radical (unpaired) electrons. The summed E-state index contributed by atoms with van der Waals surface area (Å²) in [5.41, 5.74) is 1.88. The first-order chi connectivity index (χ1) is 15.9. The van der Waals surface area contributed by atoms with Crippen molar-refractivity contribution in [3.8, 4) is 5.69 Å². The van der Waals surface area contributed by atoms with E-state index < -0.39 is 10.0 Å². The van der Waals surface area contributed by atoms with Crippen molar-refractivity contribution in [1.82, 2.24) is 24.0 Å². The van der Waals surface area contributed by atoms with Gasteiger partial charge in [0, 0.05) is 30.3 Å². The molecule has 0 atom stereocenters. The lowest BCUT2D eigenvalue weighted by atomic mass is 10.1. The van der Waals surface area contributed by atoms with E-state index in [2.05, 4.69) is 10.2 Å². The summed E-state index contributed by atoms with van der Waals surface area (Å²) in [6.07, 6.45) is 3.23. The number of piperazine rings is 1. The van der Waals surface area contributed by atoms with Crippen molar-refractivity contribution < 1.29 is 13.2 Å². The van der Waals surface area contributed by atoms with E-state index >= 15 is 0 Å². The van der Waals surface area contributed by atoms with Gasteiger partial charge in [-0.2, -0.15) is 4.31 Å². The number of nitrogens with zero attached hydrogens (tertiary/aromatic N) is 5. The van der Waals surface area contributed by atoms with Crippen LogP contribution in [0.15, 0.2) is 78.2 Å². The highest BCUT2D eigenvalue weighted by molar-refractivity contribution is 7.89. The molecule has 2 heterocycles. The molecule has 1 aromatic heterocycles. The summed E-state index contributed by atoms with van der Waals surface area (Å²) in [4.78, 5) is 14.6. The standard InChI is InChI=1S/C23H20ClN5O3S/c24-20-5-3-19-12-22(8-4-18(19)11-20)33(31,32)29-10-9-27(23(30)14-29)13-17-1-6-21(7-2-17)28-15-25-26-16-28/h1-8,11-12,15-16H,9-10,13-14H2. The van der Waals surface area contributed by atoms with Gasteiger partial charge in [-0.25, -0.2) is 8.42 Å². The van der Waals surface area contributed by atoms with E-state index in [1.54, 1.807) is 58.5 Å². The molecule has 4 aromatic rings. The van der Waals surface area contributed by atoms with Crippen LogP contribution in [0.3, 0.4) is 0 Å². The summed E-state index contributed by atoms with van der Waals surface area (Å²) in [6.45, 7) is 0.811. The average molecular weight is 482 g/mol. The van der Waals surface area contributed by atoms with Crippen LogP contribution in [0.4, 0.5) is 0 Å². The summed E-state index contributed by atoms with van der Waals surface area (Å²) < 4.78 is 29.4. The maximum Gasteiger partial charge on any atom is 0.243 e. The predicted molar refractivity (Wildman–Crippen MR) is 124 cm³/mol. The number of sulfonamides is 1. The number of benzene rings is 3. The van der Waals surface area contributed by atoms with Crippen molar-refractivity contribution in [3.05, 3.63) is 83.9 Å². The van der Waals surface area contributed by atoms with Crippen LogP contribution in [0.2, 0.25) is 5.02 Å². The Labute approximate surface area is 196 Å². The van der Waals surface area contributed by atoms with E-state index in [0.29, 0.717) is 18.1 Å². The molecule has 33 heavy (non-hydrogen) atoms. The fourth-order valence-corrected chi connectivity index (χ4v) is 5.49. The average Bonchev–Trinajstić information content (AvgIpc) is 3.35. The third-order valence-electron chi connectivity index (χ3n) is 5.72. The zero-order chi connectivity index (χ0) is 23.0. The molecule has 5 rings (SSSR count). The second-order valence-corrected chi connectivity index (χ2v) is 10.2. The number of aromatic nitrogens is 3. The number of halogens is 1. The second kappa shape index (κ2) is 8.58. The number of fused-ring (bicyclic) bond motifs is 1. The van der Waals surface area contributed by atoms with Gasteiger partial charge in [0.15, 0.2) is 0 Å². The molecule has 0 aliphatic carbocycles. The van der Waals surface area contributed by atoms with E-state index in [0.717, 1.165) is 22.0 Å². The third-order valence-corrected chi connectivity index (χ3v) is 7.80. The monoisotopic (exact) mass is 481 g/mol. The minimum atomic E-state index is -3.79. The van der Waals surface area contributed by atoms with E-state index in [-0.39, 0.29) is 23.9 Å². The summed E-state index contributed by atoms with van der Waals surface area (Å²) in [5.74, 6) is -0.222. The number of carbonyl (C=O) groups excluding carboxylic acids is 1. The summed E-state index contributed by atoms with van der Waals surface area (Å²) in [6, 6.07) is 17.9. The molecule has 10 heteroatoms. The molecule has 1 amide bonds. The van der Waals surface area contributed by atoms with Gasteiger partial charge in [-0.15, -0.1) is 10.2 Å². The van der Waals surface area contributed by atoms with Gasteiger partial charge < -0.3 is 4.90 Å². The van der Waals surface area contributed by atoms with Gasteiger partial charge in [0.05, 0.1) is 11.4 Å². The molecule has 0 spiro atoms. The molecular weight excluding hydrogens is 462 g/mol. The Morgan fingerprint density at radius 3 is 2.30 bits per heavy atom. The molecule has 1 aliphatic rings. The quantitative estimate of drug-likeness (QED) is 0.437. The fraction of sp³-hybridized carbons (Fsp3) is 0.174. The van der Waals surface area contributed by atoms with Gasteiger partial charge in [0.25, 0.3) is 0 Å². The molecule has 0 N–H and O–H groups in total. The minimum absolute atomic E-state index is 0.170. The van der Waals surface area contributed by atoms with Crippen LogP contribution in [0.5, 0.6) is 0 Å². The van der Waals surface area contributed by atoms with Crippen molar-refractivity contribution in [1.29, 1.82) is 0 Å². The lowest BCUT2D eigenvalue weighted by molar-refractivity contribution is -0.134. The Kier molecular flexibility index (Phi) is 5.61. The third kappa shape index (κ3) is 4.35. The Morgan fingerprint density at radius 2 is 1.58 bits per heavy atom. The Hall–Kier alpha value is -3.27. The largest absolute Gasteiger partial charge is 0.336 e. The van der Waals surface area contributed by atoms with Crippen molar-refractivity contribution in [2.24, 2.45) is 0 Å². The SMILES string of the molecule is O=C1CN(S(=O)(=O)c2ccc3cc(Cl)ccc3c2)CCN1Cc1ccc(-n2cnnc2)cc1. The maximum atomic E-state index is 13.2. The summed E-state index contributed by atoms with van der Waals surface area (Å²) >= 11 is 6.01. The zero-order valence-electron chi connectivity index (χ0n) is 17.5. The van der Waals surface area contributed by atoms with Crippen LogP contribution in [0.1, 0.15) is 5.56 Å². The van der Waals surface area contributed by atoms with Gasteiger partial charge in [-0.1, -0.05) is 35.9 Å². The first-order valence-corrected chi connectivity index (χ1v) is 12.1. The molecule has 0 bridgehead atoms. The molecule has 0 unspecified atom stereocenters. The van der Waals surface area contributed by atoms with Gasteiger partial charge in [0.1, 0.15) is 12.7 Å². The highest BCUT2D eigenvalue weighted by Crippen LogP contribution is 2.25. The van der Waals surface area contributed by atoms with Crippen molar-refractivity contribution in [3.63, 3.8) is 0 Å². The smallest absolute Gasteiger partial charge is 0.243 e. The number of carbonyl (C=O) groups is 1. The number of amides is 1. The van der Waals surface area contributed by atoms with E-state index in [1.165, 1.54) is 4.31 Å². The number of hydrogen-bond acceptors (Lipinski definition) is 5. The first kappa shape index (κ1) is 21.6. The van der Waals surface area contributed by atoms with Gasteiger partial charge >= 0.3 is 0 Å². The fourth-order valence-electron chi connectivity index (χ4n) is 3.89. The first-order valence-electron chi connectivity index (χ1n) is 10.3. The second-order valence-electron chi connectivity index (χ2n) is 7.84. The Bertz CT molecular complexity index is 1420. The van der Waals surface area contributed by atoms with Crippen LogP contribution in [0, 0.1) is 0 Å². The van der Waals surface area contributed by atoms with E-state index in [4.69, 9.17) is 11.6 Å². The number of rotatable bonds is 5. The van der Waals surface area contributed by atoms with Gasteiger partial charge in [-0.3, -0.25) is 9.36 Å². The van der Waals surface area contributed by atoms with Gasteiger partial charge in [0.2, 0.25) is 15.9 Å². The number of hydrogen-bond donors (Lipinski definition) is 0. The molecule has 3 aromatic carbocycles. The lowest BCUT2D eigenvalue weighted by Crippen LogP contribution is -2.51. The summed E-state index contributed by atoms with van der Waals surface area (Å²) in [5, 5.41) is 9.81. The van der Waals surface area contributed by atoms with E-state index in [1.807, 2.05) is 24.3 Å². The highest BCUT2D eigenvalue weighted by atomic mass is 35.5. The summed E-state index contributed by atoms with van der Waals surface area (Å²) in [7, 11) is -3.79. The van der Waals surface area contributed by atoms with E-state index in [9.17, 15) is 13.2 Å². The van der Waals surface area contributed by atoms with Crippen LogP contribution < -0.4 is 0 Å². The zero-order valence-corrected chi connectivity index (χ0v) is 19.1.